The summed E-state index contributed by atoms with van der Waals surface area (Å²) in [6, 6.07) is 10.9. The molecule has 1 aliphatic rings. The van der Waals surface area contributed by atoms with Gasteiger partial charge in [-0.15, -0.1) is 0 Å². The highest BCUT2D eigenvalue weighted by atomic mass is 32.2. The Morgan fingerprint density at radius 1 is 1.12 bits per heavy atom. The molecule has 184 valence electrons. The molecule has 0 bridgehead atoms. The minimum atomic E-state index is -3.67. The number of halogens is 1. The van der Waals surface area contributed by atoms with Crippen molar-refractivity contribution in [3.63, 3.8) is 0 Å². The molecule has 10 heteroatoms. The molecule has 1 saturated heterocycles. The van der Waals surface area contributed by atoms with E-state index < -0.39 is 34.4 Å². The fraction of sp³-hybridized carbons (Fsp3) is 0.417. The predicted molar refractivity (Wildman–Crippen MR) is 123 cm³/mol. The summed E-state index contributed by atoms with van der Waals surface area (Å²) in [6.07, 6.45) is 0.610. The second kappa shape index (κ2) is 11.4. The van der Waals surface area contributed by atoms with E-state index in [0.29, 0.717) is 36.3 Å². The third-order valence-electron chi connectivity index (χ3n) is 5.63. The SMILES string of the molecule is CCOc1ccc(S(=O)(=O)N2CCC(C(=O)OCC(=O)NCc3ccc(C)c(F)c3)CC2)cc1. The van der Waals surface area contributed by atoms with Gasteiger partial charge in [0.2, 0.25) is 10.0 Å². The van der Waals surface area contributed by atoms with Crippen molar-refractivity contribution in [1.29, 1.82) is 0 Å². The number of rotatable bonds is 9. The second-order valence-corrected chi connectivity index (χ2v) is 9.99. The number of nitrogens with zero attached hydrogens (tertiary/aromatic N) is 1. The lowest BCUT2D eigenvalue weighted by Crippen LogP contribution is -2.41. The van der Waals surface area contributed by atoms with E-state index in [1.807, 2.05) is 6.92 Å². The van der Waals surface area contributed by atoms with Crippen LogP contribution in [0.3, 0.4) is 0 Å². The summed E-state index contributed by atoms with van der Waals surface area (Å²) in [7, 11) is -3.67. The lowest BCUT2D eigenvalue weighted by atomic mass is 9.98. The Bertz CT molecular complexity index is 1110. The maximum atomic E-state index is 13.6. The Morgan fingerprint density at radius 2 is 1.79 bits per heavy atom. The van der Waals surface area contributed by atoms with Crippen LogP contribution in [0.25, 0.3) is 0 Å². The summed E-state index contributed by atoms with van der Waals surface area (Å²) in [5, 5.41) is 2.58. The summed E-state index contributed by atoms with van der Waals surface area (Å²) in [4.78, 5) is 24.5. The Morgan fingerprint density at radius 3 is 2.41 bits per heavy atom. The lowest BCUT2D eigenvalue weighted by Gasteiger charge is -2.30. The lowest BCUT2D eigenvalue weighted by molar-refractivity contribution is -0.153. The van der Waals surface area contributed by atoms with Crippen molar-refractivity contribution in [2.24, 2.45) is 5.92 Å². The fourth-order valence-electron chi connectivity index (χ4n) is 3.61. The maximum absolute atomic E-state index is 13.6. The van der Waals surface area contributed by atoms with Crippen LogP contribution in [0.15, 0.2) is 47.4 Å². The number of ether oxygens (including phenoxy) is 2. The zero-order chi connectivity index (χ0) is 24.7. The Balaban J connectivity index is 1.43. The average molecular weight is 493 g/mol. The number of sulfonamides is 1. The highest BCUT2D eigenvalue weighted by Gasteiger charge is 2.33. The molecule has 1 fully saturated rings. The van der Waals surface area contributed by atoms with E-state index in [9.17, 15) is 22.4 Å². The molecular weight excluding hydrogens is 463 g/mol. The van der Waals surface area contributed by atoms with Crippen molar-refractivity contribution in [3.05, 3.63) is 59.4 Å². The minimum absolute atomic E-state index is 0.120. The molecule has 1 amide bonds. The van der Waals surface area contributed by atoms with Crippen molar-refractivity contribution in [2.45, 2.75) is 38.1 Å². The average Bonchev–Trinajstić information content (AvgIpc) is 2.84. The number of nitrogens with one attached hydrogen (secondary N) is 1. The highest BCUT2D eigenvalue weighted by molar-refractivity contribution is 7.89. The number of amides is 1. The summed E-state index contributed by atoms with van der Waals surface area (Å²) in [5.74, 6) is -1.27. The van der Waals surface area contributed by atoms with Crippen LogP contribution in [0.1, 0.15) is 30.9 Å². The van der Waals surface area contributed by atoms with Gasteiger partial charge in [-0.1, -0.05) is 12.1 Å². The Kier molecular flexibility index (Phi) is 8.62. The van der Waals surface area contributed by atoms with Gasteiger partial charge in [-0.25, -0.2) is 12.8 Å². The van der Waals surface area contributed by atoms with E-state index in [1.165, 1.54) is 22.5 Å². The first-order valence-electron chi connectivity index (χ1n) is 11.1. The molecule has 2 aromatic carbocycles. The molecule has 0 radical (unpaired) electrons. The topological polar surface area (TPSA) is 102 Å². The van der Waals surface area contributed by atoms with Crippen molar-refractivity contribution in [1.82, 2.24) is 9.62 Å². The molecule has 1 aliphatic heterocycles. The van der Waals surface area contributed by atoms with E-state index in [0.717, 1.165) is 0 Å². The molecule has 3 rings (SSSR count). The van der Waals surface area contributed by atoms with Gasteiger partial charge >= 0.3 is 5.97 Å². The molecule has 1 N–H and O–H groups in total. The van der Waals surface area contributed by atoms with Crippen molar-refractivity contribution in [3.8, 4) is 5.75 Å². The molecule has 8 nitrogen and oxygen atoms in total. The summed E-state index contributed by atoms with van der Waals surface area (Å²) < 4.78 is 51.1. The normalized spacial score (nSPS) is 15.0. The molecule has 0 aromatic heterocycles. The molecule has 2 aromatic rings. The number of hydrogen-bond acceptors (Lipinski definition) is 6. The molecule has 0 spiro atoms. The number of benzene rings is 2. The quantitative estimate of drug-likeness (QED) is 0.540. The third-order valence-corrected chi connectivity index (χ3v) is 7.54. The van der Waals surface area contributed by atoms with Gasteiger partial charge in [0.15, 0.2) is 6.61 Å². The van der Waals surface area contributed by atoms with Crippen LogP contribution in [-0.4, -0.2) is 50.9 Å². The molecule has 0 unspecified atom stereocenters. The monoisotopic (exact) mass is 492 g/mol. The van der Waals surface area contributed by atoms with Crippen LogP contribution in [0, 0.1) is 18.7 Å². The number of carbonyl (C=O) groups is 2. The smallest absolute Gasteiger partial charge is 0.309 e. The van der Waals surface area contributed by atoms with Crippen molar-refractivity contribution < 1.29 is 31.9 Å². The summed E-state index contributed by atoms with van der Waals surface area (Å²) >= 11 is 0. The number of piperidine rings is 1. The van der Waals surface area contributed by atoms with Gasteiger partial charge in [0, 0.05) is 19.6 Å². The van der Waals surface area contributed by atoms with Gasteiger partial charge in [-0.05, 0) is 68.1 Å². The van der Waals surface area contributed by atoms with Crippen LogP contribution in [0.2, 0.25) is 0 Å². The van der Waals surface area contributed by atoms with Gasteiger partial charge in [-0.3, -0.25) is 9.59 Å². The largest absolute Gasteiger partial charge is 0.494 e. The summed E-state index contributed by atoms with van der Waals surface area (Å²) in [5.41, 5.74) is 1.12. The number of hydrogen-bond donors (Lipinski definition) is 1. The Labute approximate surface area is 199 Å². The van der Waals surface area contributed by atoms with Crippen LogP contribution in [0.4, 0.5) is 4.39 Å². The first-order chi connectivity index (χ1) is 16.2. The highest BCUT2D eigenvalue weighted by Crippen LogP contribution is 2.26. The molecular formula is C24H29FN2O6S. The standard InChI is InChI=1S/C24H29FN2O6S/c1-3-32-20-6-8-21(9-7-20)34(30,31)27-12-10-19(11-13-27)24(29)33-16-23(28)26-15-18-5-4-17(2)22(25)14-18/h4-9,14,19H,3,10-13,15-16H2,1-2H3,(H,26,28). The Hall–Kier alpha value is -2.98. The number of esters is 1. The van der Waals surface area contributed by atoms with Gasteiger partial charge in [0.1, 0.15) is 11.6 Å². The van der Waals surface area contributed by atoms with Crippen LogP contribution in [0.5, 0.6) is 5.75 Å². The van der Waals surface area contributed by atoms with Gasteiger partial charge in [0.25, 0.3) is 5.91 Å². The van der Waals surface area contributed by atoms with E-state index >= 15 is 0 Å². The summed E-state index contributed by atoms with van der Waals surface area (Å²) in [6.45, 7) is 4.02. The van der Waals surface area contributed by atoms with Gasteiger partial charge in [-0.2, -0.15) is 4.31 Å². The van der Waals surface area contributed by atoms with E-state index in [1.54, 1.807) is 31.2 Å². The number of aryl methyl sites for hydroxylation is 1. The molecule has 1 heterocycles. The van der Waals surface area contributed by atoms with Crippen LogP contribution < -0.4 is 10.1 Å². The molecule has 34 heavy (non-hydrogen) atoms. The van der Waals surface area contributed by atoms with Gasteiger partial charge in [0.05, 0.1) is 17.4 Å². The predicted octanol–water partition coefficient (Wildman–Crippen LogP) is 2.79. The van der Waals surface area contributed by atoms with E-state index in [-0.39, 0.29) is 30.3 Å². The maximum Gasteiger partial charge on any atom is 0.309 e. The molecule has 0 aliphatic carbocycles. The second-order valence-electron chi connectivity index (χ2n) is 8.05. The molecule has 0 saturated carbocycles. The van der Waals surface area contributed by atoms with Crippen molar-refractivity contribution >= 4 is 21.9 Å². The van der Waals surface area contributed by atoms with Gasteiger partial charge < -0.3 is 14.8 Å². The minimum Gasteiger partial charge on any atom is -0.494 e. The zero-order valence-corrected chi connectivity index (χ0v) is 20.1. The van der Waals surface area contributed by atoms with Crippen LogP contribution in [-0.2, 0) is 30.9 Å². The zero-order valence-electron chi connectivity index (χ0n) is 19.3. The number of carbonyl (C=O) groups excluding carboxylic acids is 2. The van der Waals surface area contributed by atoms with E-state index in [4.69, 9.17) is 9.47 Å². The van der Waals surface area contributed by atoms with Crippen molar-refractivity contribution in [2.75, 3.05) is 26.3 Å². The first-order valence-corrected chi connectivity index (χ1v) is 12.6. The fourth-order valence-corrected chi connectivity index (χ4v) is 5.08. The van der Waals surface area contributed by atoms with Crippen LogP contribution >= 0.6 is 0 Å². The van der Waals surface area contributed by atoms with E-state index in [2.05, 4.69) is 5.32 Å². The molecule has 0 atom stereocenters. The first kappa shape index (κ1) is 25.6. The third kappa shape index (κ3) is 6.54.